The number of benzene rings is 1. The molecule has 82 valence electrons. The van der Waals surface area contributed by atoms with E-state index in [-0.39, 0.29) is 5.97 Å². The summed E-state index contributed by atoms with van der Waals surface area (Å²) in [5.41, 5.74) is 0.610. The Labute approximate surface area is 98.2 Å². The van der Waals surface area contributed by atoms with Crippen LogP contribution >= 0.6 is 21.6 Å². The van der Waals surface area contributed by atoms with Crippen LogP contribution in [0.3, 0.4) is 0 Å². The Bertz CT molecular complexity index is 301. The number of carbonyl (C=O) groups excluding carboxylic acids is 1. The highest BCUT2D eigenvalue weighted by atomic mass is 33.1. The molecule has 0 aliphatic heterocycles. The van der Waals surface area contributed by atoms with E-state index >= 15 is 0 Å². The van der Waals surface area contributed by atoms with E-state index in [0.717, 1.165) is 0 Å². The van der Waals surface area contributed by atoms with Crippen molar-refractivity contribution in [1.29, 1.82) is 0 Å². The lowest BCUT2D eigenvalue weighted by Gasteiger charge is -2.09. The Morgan fingerprint density at radius 3 is 2.67 bits per heavy atom. The lowest BCUT2D eigenvalue weighted by molar-refractivity contribution is 0.0510. The molecule has 1 atom stereocenters. The molecule has 1 rings (SSSR count). The van der Waals surface area contributed by atoms with Gasteiger partial charge in [0.15, 0.2) is 0 Å². The Morgan fingerprint density at radius 1 is 1.40 bits per heavy atom. The van der Waals surface area contributed by atoms with Crippen LogP contribution in [0.1, 0.15) is 17.3 Å². The van der Waals surface area contributed by atoms with Gasteiger partial charge in [0.1, 0.15) is 6.61 Å². The molecule has 0 aliphatic rings. The zero-order valence-electron chi connectivity index (χ0n) is 8.80. The first-order chi connectivity index (χ1) is 7.24. The summed E-state index contributed by atoms with van der Waals surface area (Å²) in [7, 11) is 3.39. The zero-order valence-corrected chi connectivity index (χ0v) is 10.4. The van der Waals surface area contributed by atoms with Gasteiger partial charge in [-0.3, -0.25) is 0 Å². The maximum Gasteiger partial charge on any atom is 0.338 e. The molecule has 0 spiro atoms. The maximum atomic E-state index is 11.5. The van der Waals surface area contributed by atoms with Crippen LogP contribution in [0.4, 0.5) is 0 Å². The fraction of sp³-hybridized carbons (Fsp3) is 0.364. The van der Waals surface area contributed by atoms with Crippen molar-refractivity contribution in [2.24, 2.45) is 0 Å². The standard InChI is InChI=1S/C11H14O2S2/c1-9(15-14-2)8-13-11(12)10-6-4-3-5-7-10/h3-7,9H,8H2,1-2H3/t9-/m0/s1. The molecule has 0 N–H and O–H groups in total. The largest absolute Gasteiger partial charge is 0.461 e. The number of hydrogen-bond acceptors (Lipinski definition) is 4. The minimum Gasteiger partial charge on any atom is -0.461 e. The van der Waals surface area contributed by atoms with E-state index < -0.39 is 0 Å². The summed E-state index contributed by atoms with van der Waals surface area (Å²) < 4.78 is 5.17. The number of carbonyl (C=O) groups is 1. The Hall–Kier alpha value is -0.610. The average molecular weight is 242 g/mol. The van der Waals surface area contributed by atoms with E-state index in [4.69, 9.17) is 4.74 Å². The monoisotopic (exact) mass is 242 g/mol. The third-order valence-electron chi connectivity index (χ3n) is 1.72. The van der Waals surface area contributed by atoms with Gasteiger partial charge in [-0.05, 0) is 25.3 Å². The van der Waals surface area contributed by atoms with Gasteiger partial charge in [-0.25, -0.2) is 4.79 Å². The van der Waals surface area contributed by atoms with Crippen LogP contribution in [0.2, 0.25) is 0 Å². The molecule has 0 bridgehead atoms. The zero-order chi connectivity index (χ0) is 11.1. The first-order valence-corrected chi connectivity index (χ1v) is 7.28. The van der Waals surface area contributed by atoms with Gasteiger partial charge >= 0.3 is 5.97 Å². The van der Waals surface area contributed by atoms with Gasteiger partial charge in [-0.2, -0.15) is 0 Å². The summed E-state index contributed by atoms with van der Waals surface area (Å²) in [5, 5.41) is 0.327. The fourth-order valence-electron chi connectivity index (χ4n) is 1.04. The molecular weight excluding hydrogens is 228 g/mol. The fourth-order valence-corrected chi connectivity index (χ4v) is 2.65. The third-order valence-corrected chi connectivity index (χ3v) is 3.94. The quantitative estimate of drug-likeness (QED) is 0.585. The molecule has 0 saturated carbocycles. The molecule has 0 aliphatic carbocycles. The van der Waals surface area contributed by atoms with Crippen molar-refractivity contribution in [3.8, 4) is 0 Å². The molecule has 0 amide bonds. The van der Waals surface area contributed by atoms with Gasteiger partial charge in [-0.15, -0.1) is 0 Å². The number of rotatable bonds is 5. The SMILES string of the molecule is CSS[C@@H](C)COC(=O)c1ccccc1. The first kappa shape index (κ1) is 12.5. The molecule has 1 aromatic carbocycles. The molecule has 0 saturated heterocycles. The van der Waals surface area contributed by atoms with Gasteiger partial charge < -0.3 is 4.74 Å². The second-order valence-corrected chi connectivity index (χ2v) is 5.95. The van der Waals surface area contributed by atoms with Crippen LogP contribution in [-0.2, 0) is 4.74 Å². The van der Waals surface area contributed by atoms with E-state index in [9.17, 15) is 4.79 Å². The summed E-state index contributed by atoms with van der Waals surface area (Å²) >= 11 is 0. The predicted molar refractivity (Wildman–Crippen MR) is 67.3 cm³/mol. The van der Waals surface area contributed by atoms with Gasteiger partial charge in [-0.1, -0.05) is 39.8 Å². The Kier molecular flexibility index (Phi) is 5.65. The van der Waals surface area contributed by atoms with Crippen LogP contribution in [-0.4, -0.2) is 24.1 Å². The van der Waals surface area contributed by atoms with E-state index in [1.807, 2.05) is 31.4 Å². The topological polar surface area (TPSA) is 26.3 Å². The van der Waals surface area contributed by atoms with Crippen LogP contribution in [0.15, 0.2) is 30.3 Å². The number of ether oxygens (including phenoxy) is 1. The highest BCUT2D eigenvalue weighted by molar-refractivity contribution is 8.76. The van der Waals surface area contributed by atoms with Crippen molar-refractivity contribution in [3.05, 3.63) is 35.9 Å². The van der Waals surface area contributed by atoms with E-state index in [1.54, 1.807) is 33.7 Å². The van der Waals surface area contributed by atoms with Crippen LogP contribution in [0.5, 0.6) is 0 Å². The molecule has 0 radical (unpaired) electrons. The summed E-state index contributed by atoms with van der Waals surface area (Å²) in [6.45, 7) is 2.50. The minimum atomic E-state index is -0.246. The number of hydrogen-bond donors (Lipinski definition) is 0. The van der Waals surface area contributed by atoms with Crippen molar-refractivity contribution in [3.63, 3.8) is 0 Å². The van der Waals surface area contributed by atoms with Gasteiger partial charge in [0.05, 0.1) is 5.56 Å². The molecule has 0 unspecified atom stereocenters. The predicted octanol–water partition coefficient (Wildman–Crippen LogP) is 3.24. The second-order valence-electron chi connectivity index (χ2n) is 3.04. The van der Waals surface area contributed by atoms with E-state index in [2.05, 4.69) is 0 Å². The van der Waals surface area contributed by atoms with Crippen LogP contribution in [0.25, 0.3) is 0 Å². The summed E-state index contributed by atoms with van der Waals surface area (Å²) in [6, 6.07) is 9.06. The Morgan fingerprint density at radius 2 is 2.07 bits per heavy atom. The highest BCUT2D eigenvalue weighted by Gasteiger charge is 2.08. The first-order valence-electron chi connectivity index (χ1n) is 4.65. The molecule has 0 fully saturated rings. The smallest absolute Gasteiger partial charge is 0.338 e. The van der Waals surface area contributed by atoms with Crippen molar-refractivity contribution < 1.29 is 9.53 Å². The lowest BCUT2D eigenvalue weighted by atomic mass is 10.2. The average Bonchev–Trinajstić information content (AvgIpc) is 2.27. The molecule has 0 heterocycles. The van der Waals surface area contributed by atoms with E-state index in [0.29, 0.717) is 17.4 Å². The van der Waals surface area contributed by atoms with Gasteiger partial charge in [0, 0.05) is 5.25 Å². The molecule has 0 aromatic heterocycles. The minimum absolute atomic E-state index is 0.246. The number of esters is 1. The highest BCUT2D eigenvalue weighted by Crippen LogP contribution is 2.23. The molecular formula is C11H14O2S2. The van der Waals surface area contributed by atoms with Gasteiger partial charge in [0.2, 0.25) is 0 Å². The van der Waals surface area contributed by atoms with Gasteiger partial charge in [0.25, 0.3) is 0 Å². The molecule has 1 aromatic rings. The van der Waals surface area contributed by atoms with Crippen molar-refractivity contribution in [2.75, 3.05) is 12.9 Å². The normalized spacial score (nSPS) is 12.1. The molecule has 15 heavy (non-hydrogen) atoms. The Balaban J connectivity index is 2.37. The van der Waals surface area contributed by atoms with Crippen molar-refractivity contribution in [1.82, 2.24) is 0 Å². The third kappa shape index (κ3) is 4.62. The second kappa shape index (κ2) is 6.80. The lowest BCUT2D eigenvalue weighted by Crippen LogP contribution is -2.12. The van der Waals surface area contributed by atoms with Crippen LogP contribution < -0.4 is 0 Å². The summed E-state index contributed by atoms with van der Waals surface area (Å²) in [5.74, 6) is -0.246. The van der Waals surface area contributed by atoms with E-state index in [1.165, 1.54) is 0 Å². The van der Waals surface area contributed by atoms with Crippen molar-refractivity contribution in [2.45, 2.75) is 12.2 Å². The summed E-state index contributed by atoms with van der Waals surface area (Å²) in [6.07, 6.45) is 2.01. The maximum absolute atomic E-state index is 11.5. The van der Waals surface area contributed by atoms with Crippen LogP contribution in [0, 0.1) is 0 Å². The van der Waals surface area contributed by atoms with Crippen molar-refractivity contribution >= 4 is 27.6 Å². The molecule has 2 nitrogen and oxygen atoms in total. The molecule has 4 heteroatoms. The summed E-state index contributed by atoms with van der Waals surface area (Å²) in [4.78, 5) is 11.5.